The number of carbonyl (C=O) groups excluding carboxylic acids is 2. The van der Waals surface area contributed by atoms with Crippen LogP contribution < -0.4 is 27.4 Å². The Morgan fingerprint density at radius 3 is 2.64 bits per heavy atom. The van der Waals surface area contributed by atoms with E-state index in [0.29, 0.717) is 11.4 Å². The Morgan fingerprint density at radius 1 is 1.12 bits per heavy atom. The number of primary amides is 1. The van der Waals surface area contributed by atoms with Crippen molar-refractivity contribution in [2.75, 3.05) is 16.0 Å². The van der Waals surface area contributed by atoms with E-state index in [1.54, 1.807) is 12.1 Å². The van der Waals surface area contributed by atoms with Crippen LogP contribution in [0, 0.1) is 5.82 Å². The number of amides is 2. The number of halogens is 1. The van der Waals surface area contributed by atoms with Gasteiger partial charge in [-0.05, 0) is 37.1 Å². The minimum atomic E-state index is -0.847. The normalized spacial score (nSPS) is 17.9. The molecule has 7 N–H and O–H groups in total. The van der Waals surface area contributed by atoms with Gasteiger partial charge in [0, 0.05) is 12.1 Å². The van der Waals surface area contributed by atoms with E-state index in [2.05, 4.69) is 25.9 Å². The molecule has 172 valence electrons. The van der Waals surface area contributed by atoms with Crippen LogP contribution in [0.4, 0.5) is 27.4 Å². The van der Waals surface area contributed by atoms with E-state index < -0.39 is 17.6 Å². The van der Waals surface area contributed by atoms with Gasteiger partial charge in [0.25, 0.3) is 11.8 Å². The molecule has 33 heavy (non-hydrogen) atoms. The standard InChI is InChI=1S/C22H24FN7O3/c23-15-9-14(19(25)31)20(30-21(15)29-17-5-2-1-4-16(17)24)27-12-8-13(11-26-10-12)28-22(32)18-6-3-7-33-18/h3,6-11,16-17H,1-2,4-5,24H2,(H2,25,31)(H,28,32)(H2,27,29,30)/t16-,17+/m0/s1. The minimum absolute atomic E-state index is 0.0277. The van der Waals surface area contributed by atoms with Gasteiger partial charge in [-0.1, -0.05) is 12.8 Å². The summed E-state index contributed by atoms with van der Waals surface area (Å²) < 4.78 is 19.8. The molecule has 2 atom stereocenters. The lowest BCUT2D eigenvalue weighted by atomic mass is 9.91. The molecule has 1 aliphatic rings. The molecule has 0 spiro atoms. The average molecular weight is 453 g/mol. The van der Waals surface area contributed by atoms with Crippen LogP contribution >= 0.6 is 0 Å². The van der Waals surface area contributed by atoms with Gasteiger partial charge in [0.1, 0.15) is 5.82 Å². The molecule has 2 amide bonds. The van der Waals surface area contributed by atoms with Gasteiger partial charge in [-0.3, -0.25) is 14.6 Å². The minimum Gasteiger partial charge on any atom is -0.459 e. The van der Waals surface area contributed by atoms with Gasteiger partial charge in [-0.25, -0.2) is 9.37 Å². The molecule has 3 aromatic rings. The largest absolute Gasteiger partial charge is 0.459 e. The second-order valence-corrected chi connectivity index (χ2v) is 7.80. The molecule has 0 radical (unpaired) electrons. The zero-order chi connectivity index (χ0) is 23.4. The van der Waals surface area contributed by atoms with Gasteiger partial charge in [0.2, 0.25) is 0 Å². The maximum absolute atomic E-state index is 14.7. The fourth-order valence-corrected chi connectivity index (χ4v) is 3.70. The van der Waals surface area contributed by atoms with Crippen LogP contribution in [0.25, 0.3) is 0 Å². The number of furan rings is 1. The molecule has 0 aromatic carbocycles. The summed E-state index contributed by atoms with van der Waals surface area (Å²) in [5.74, 6) is -1.84. The molecular weight excluding hydrogens is 429 g/mol. The molecule has 0 saturated heterocycles. The van der Waals surface area contributed by atoms with E-state index in [4.69, 9.17) is 15.9 Å². The molecule has 1 saturated carbocycles. The van der Waals surface area contributed by atoms with E-state index in [1.807, 2.05) is 0 Å². The number of pyridine rings is 2. The molecule has 11 heteroatoms. The third kappa shape index (κ3) is 5.26. The number of nitrogens with zero attached hydrogens (tertiary/aromatic N) is 2. The van der Waals surface area contributed by atoms with Crippen LogP contribution in [0.2, 0.25) is 0 Å². The van der Waals surface area contributed by atoms with Crippen LogP contribution in [-0.2, 0) is 0 Å². The summed E-state index contributed by atoms with van der Waals surface area (Å²) in [6, 6.07) is 5.49. The Morgan fingerprint density at radius 2 is 1.91 bits per heavy atom. The molecule has 0 aliphatic heterocycles. The van der Waals surface area contributed by atoms with Crippen LogP contribution in [0.5, 0.6) is 0 Å². The molecule has 3 aromatic heterocycles. The van der Waals surface area contributed by atoms with E-state index in [-0.39, 0.29) is 35.0 Å². The summed E-state index contributed by atoms with van der Waals surface area (Å²) in [5, 5.41) is 8.64. The molecule has 4 rings (SSSR count). The van der Waals surface area contributed by atoms with Crippen LogP contribution in [0.15, 0.2) is 47.3 Å². The lowest BCUT2D eigenvalue weighted by Gasteiger charge is -2.30. The number of aromatic nitrogens is 2. The van der Waals surface area contributed by atoms with Crippen molar-refractivity contribution < 1.29 is 18.4 Å². The highest BCUT2D eigenvalue weighted by atomic mass is 19.1. The highest BCUT2D eigenvalue weighted by Crippen LogP contribution is 2.27. The van der Waals surface area contributed by atoms with Crippen molar-refractivity contribution in [2.24, 2.45) is 11.5 Å². The molecular formula is C22H24FN7O3. The second kappa shape index (κ2) is 9.65. The first kappa shape index (κ1) is 22.2. The van der Waals surface area contributed by atoms with E-state index >= 15 is 0 Å². The zero-order valence-electron chi connectivity index (χ0n) is 17.7. The third-order valence-electron chi connectivity index (χ3n) is 5.39. The fourth-order valence-electron chi connectivity index (χ4n) is 3.70. The first-order valence-corrected chi connectivity index (χ1v) is 10.5. The lowest BCUT2D eigenvalue weighted by molar-refractivity contribution is 0.0990. The summed E-state index contributed by atoms with van der Waals surface area (Å²) in [7, 11) is 0. The van der Waals surface area contributed by atoms with Crippen molar-refractivity contribution in [1.82, 2.24) is 9.97 Å². The molecule has 1 fully saturated rings. The van der Waals surface area contributed by atoms with Crippen molar-refractivity contribution in [3.05, 3.63) is 60.1 Å². The monoisotopic (exact) mass is 453 g/mol. The number of hydrogen-bond donors (Lipinski definition) is 5. The lowest BCUT2D eigenvalue weighted by Crippen LogP contribution is -2.43. The van der Waals surface area contributed by atoms with E-state index in [0.717, 1.165) is 31.7 Å². The number of hydrogen-bond acceptors (Lipinski definition) is 8. The quantitative estimate of drug-likeness (QED) is 0.365. The maximum atomic E-state index is 14.7. The number of nitrogens with one attached hydrogen (secondary N) is 3. The smallest absolute Gasteiger partial charge is 0.291 e. The summed E-state index contributed by atoms with van der Waals surface area (Å²) >= 11 is 0. The molecule has 0 bridgehead atoms. The molecule has 3 heterocycles. The Bertz CT molecular complexity index is 1150. The van der Waals surface area contributed by atoms with Gasteiger partial charge in [-0.2, -0.15) is 0 Å². The maximum Gasteiger partial charge on any atom is 0.291 e. The van der Waals surface area contributed by atoms with Crippen molar-refractivity contribution in [1.29, 1.82) is 0 Å². The summed E-state index contributed by atoms with van der Waals surface area (Å²) in [5.41, 5.74) is 12.2. The van der Waals surface area contributed by atoms with Gasteiger partial charge in [0.05, 0.1) is 35.6 Å². The van der Waals surface area contributed by atoms with Crippen molar-refractivity contribution in [3.8, 4) is 0 Å². The van der Waals surface area contributed by atoms with E-state index in [1.165, 1.54) is 24.7 Å². The predicted molar refractivity (Wildman–Crippen MR) is 121 cm³/mol. The predicted octanol–water partition coefficient (Wildman–Crippen LogP) is 2.99. The van der Waals surface area contributed by atoms with Crippen LogP contribution in [-0.4, -0.2) is 33.9 Å². The van der Waals surface area contributed by atoms with Crippen molar-refractivity contribution in [2.45, 2.75) is 37.8 Å². The highest BCUT2D eigenvalue weighted by Gasteiger charge is 2.24. The first-order valence-electron chi connectivity index (χ1n) is 10.5. The number of nitrogens with two attached hydrogens (primary N) is 2. The topological polar surface area (TPSA) is 161 Å². The number of carbonyl (C=O) groups is 2. The number of rotatable bonds is 7. The third-order valence-corrected chi connectivity index (χ3v) is 5.39. The summed E-state index contributed by atoms with van der Waals surface area (Å²) in [6.07, 6.45) is 7.94. The Labute approximate surface area is 189 Å². The Balaban J connectivity index is 1.57. The Kier molecular flexibility index (Phi) is 6.50. The van der Waals surface area contributed by atoms with E-state index in [9.17, 15) is 14.0 Å². The first-order chi connectivity index (χ1) is 15.9. The van der Waals surface area contributed by atoms with Gasteiger partial charge < -0.3 is 31.8 Å². The highest BCUT2D eigenvalue weighted by molar-refractivity contribution is 6.02. The molecule has 10 nitrogen and oxygen atoms in total. The Hall–Kier alpha value is -3.99. The number of anilines is 4. The fraction of sp³-hybridized carbons (Fsp3) is 0.273. The average Bonchev–Trinajstić information content (AvgIpc) is 3.33. The van der Waals surface area contributed by atoms with Gasteiger partial charge >= 0.3 is 0 Å². The summed E-state index contributed by atoms with van der Waals surface area (Å²) in [4.78, 5) is 32.5. The van der Waals surface area contributed by atoms with Gasteiger partial charge in [0.15, 0.2) is 17.4 Å². The molecule has 1 aliphatic carbocycles. The van der Waals surface area contributed by atoms with Crippen LogP contribution in [0.1, 0.15) is 46.6 Å². The summed E-state index contributed by atoms with van der Waals surface area (Å²) in [6.45, 7) is 0. The van der Waals surface area contributed by atoms with Crippen molar-refractivity contribution in [3.63, 3.8) is 0 Å². The molecule has 0 unspecified atom stereocenters. The van der Waals surface area contributed by atoms with Crippen molar-refractivity contribution >= 4 is 34.8 Å². The SMILES string of the molecule is NC(=O)c1cc(F)c(N[C@@H]2CCCC[C@@H]2N)nc1Nc1cncc(NC(=O)c2ccco2)c1. The van der Waals surface area contributed by atoms with Gasteiger partial charge in [-0.15, -0.1) is 0 Å². The second-order valence-electron chi connectivity index (χ2n) is 7.80. The zero-order valence-corrected chi connectivity index (χ0v) is 17.7. The van der Waals surface area contributed by atoms with Crippen LogP contribution in [0.3, 0.4) is 0 Å².